The van der Waals surface area contributed by atoms with Crippen LogP contribution in [0.4, 0.5) is 10.6 Å². The van der Waals surface area contributed by atoms with Gasteiger partial charge in [-0.05, 0) is 27.7 Å². The third kappa shape index (κ3) is 3.79. The summed E-state index contributed by atoms with van der Waals surface area (Å²) in [6.07, 6.45) is -0.272. The van der Waals surface area contributed by atoms with Crippen molar-refractivity contribution in [2.45, 2.75) is 39.3 Å². The molecule has 2 heterocycles. The number of piperazine rings is 1. The van der Waals surface area contributed by atoms with Crippen molar-refractivity contribution in [3.05, 3.63) is 29.4 Å². The van der Waals surface area contributed by atoms with Gasteiger partial charge in [0.15, 0.2) is 11.0 Å². The van der Waals surface area contributed by atoms with Gasteiger partial charge in [-0.25, -0.2) is 4.79 Å². The molecule has 0 spiro atoms. The molecule has 3 rings (SSSR count). The molecule has 134 valence electrons. The van der Waals surface area contributed by atoms with Crippen LogP contribution in [0.1, 0.15) is 27.7 Å². The Morgan fingerprint density at radius 3 is 2.52 bits per heavy atom. The highest BCUT2D eigenvalue weighted by atomic mass is 35.5. The lowest BCUT2D eigenvalue weighted by atomic mass is 10.1. The number of hydrogen-bond acceptors (Lipinski definition) is 5. The van der Waals surface area contributed by atoms with Crippen molar-refractivity contribution >= 4 is 34.3 Å². The molecule has 1 aliphatic rings. The first-order valence-corrected chi connectivity index (χ1v) is 8.79. The van der Waals surface area contributed by atoms with E-state index in [0.717, 1.165) is 16.6 Å². The first-order chi connectivity index (χ1) is 11.8. The molecule has 0 radical (unpaired) electrons. The number of aromatic nitrogens is 2. The van der Waals surface area contributed by atoms with E-state index in [0.29, 0.717) is 24.8 Å². The second kappa shape index (κ2) is 6.67. The molecule has 0 saturated carbocycles. The topological polar surface area (TPSA) is 58.6 Å². The molecule has 1 amide bonds. The van der Waals surface area contributed by atoms with Gasteiger partial charge < -0.3 is 14.5 Å². The van der Waals surface area contributed by atoms with Gasteiger partial charge in [-0.1, -0.05) is 35.9 Å². The standard InChI is InChI=1S/C18H23ClN4O2/c1-12-11-22(17(24)25-18(2,3)4)9-10-23(12)16-14-8-6-5-7-13(14)15(19)20-21-16/h5-8,12H,9-11H2,1-4H3. The summed E-state index contributed by atoms with van der Waals surface area (Å²) in [7, 11) is 0. The zero-order chi connectivity index (χ0) is 18.2. The molecule has 1 saturated heterocycles. The molecule has 1 aliphatic heterocycles. The van der Waals surface area contributed by atoms with Crippen molar-refractivity contribution in [3.8, 4) is 0 Å². The predicted octanol–water partition coefficient (Wildman–Crippen LogP) is 3.73. The highest BCUT2D eigenvalue weighted by molar-refractivity contribution is 6.34. The molecule has 0 aliphatic carbocycles. The minimum atomic E-state index is -0.491. The maximum absolute atomic E-state index is 12.3. The van der Waals surface area contributed by atoms with Crippen molar-refractivity contribution in [1.82, 2.24) is 15.1 Å². The average molecular weight is 363 g/mol. The first kappa shape index (κ1) is 17.7. The van der Waals surface area contributed by atoms with Gasteiger partial charge in [0.05, 0.1) is 0 Å². The van der Waals surface area contributed by atoms with E-state index in [2.05, 4.69) is 22.0 Å². The second-order valence-electron chi connectivity index (χ2n) is 7.33. The second-order valence-corrected chi connectivity index (χ2v) is 7.69. The number of ether oxygens (including phenoxy) is 1. The van der Waals surface area contributed by atoms with Crippen molar-refractivity contribution in [3.63, 3.8) is 0 Å². The van der Waals surface area contributed by atoms with Gasteiger partial charge in [-0.15, -0.1) is 10.2 Å². The van der Waals surface area contributed by atoms with E-state index < -0.39 is 5.60 Å². The summed E-state index contributed by atoms with van der Waals surface area (Å²) in [5.41, 5.74) is -0.491. The number of amides is 1. The summed E-state index contributed by atoms with van der Waals surface area (Å²) in [6, 6.07) is 7.94. The number of nitrogens with zero attached hydrogens (tertiary/aromatic N) is 4. The molecule has 25 heavy (non-hydrogen) atoms. The summed E-state index contributed by atoms with van der Waals surface area (Å²) in [4.78, 5) is 16.2. The minimum absolute atomic E-state index is 0.0974. The summed E-state index contributed by atoms with van der Waals surface area (Å²) in [5, 5.41) is 10.7. The lowest BCUT2D eigenvalue weighted by Crippen LogP contribution is -2.55. The van der Waals surface area contributed by atoms with E-state index in [1.54, 1.807) is 4.90 Å². The predicted molar refractivity (Wildman–Crippen MR) is 99.2 cm³/mol. The molecule has 1 aromatic heterocycles. The SMILES string of the molecule is CC1CN(C(=O)OC(C)(C)C)CCN1c1nnc(Cl)c2ccccc12. The number of fused-ring (bicyclic) bond motifs is 1. The average Bonchev–Trinajstić information content (AvgIpc) is 2.54. The number of anilines is 1. The molecule has 1 aromatic carbocycles. The van der Waals surface area contributed by atoms with Crippen LogP contribution in [0, 0.1) is 0 Å². The molecule has 7 heteroatoms. The molecular weight excluding hydrogens is 340 g/mol. The summed E-state index contributed by atoms with van der Waals surface area (Å²) < 4.78 is 5.48. The Bertz CT molecular complexity index is 790. The van der Waals surface area contributed by atoms with Crippen molar-refractivity contribution < 1.29 is 9.53 Å². The Labute approximate surface area is 152 Å². The van der Waals surface area contributed by atoms with Gasteiger partial charge in [0.1, 0.15) is 5.60 Å². The Morgan fingerprint density at radius 2 is 1.88 bits per heavy atom. The number of carbonyl (C=O) groups excluding carboxylic acids is 1. The fraction of sp³-hybridized carbons (Fsp3) is 0.500. The van der Waals surface area contributed by atoms with Crippen LogP contribution in [-0.4, -0.2) is 52.5 Å². The van der Waals surface area contributed by atoms with Crippen LogP contribution in [-0.2, 0) is 4.74 Å². The van der Waals surface area contributed by atoms with Gasteiger partial charge >= 0.3 is 6.09 Å². The van der Waals surface area contributed by atoms with E-state index in [1.165, 1.54) is 0 Å². The van der Waals surface area contributed by atoms with Crippen LogP contribution < -0.4 is 4.90 Å². The highest BCUT2D eigenvalue weighted by Gasteiger charge is 2.31. The maximum atomic E-state index is 12.3. The molecule has 0 bridgehead atoms. The van der Waals surface area contributed by atoms with Crippen LogP contribution >= 0.6 is 11.6 Å². The molecule has 0 N–H and O–H groups in total. The molecule has 1 unspecified atom stereocenters. The Kier molecular flexibility index (Phi) is 4.73. The minimum Gasteiger partial charge on any atom is -0.444 e. The van der Waals surface area contributed by atoms with Crippen LogP contribution in [0.15, 0.2) is 24.3 Å². The lowest BCUT2D eigenvalue weighted by Gasteiger charge is -2.40. The van der Waals surface area contributed by atoms with Crippen molar-refractivity contribution in [2.24, 2.45) is 0 Å². The zero-order valence-corrected chi connectivity index (χ0v) is 15.7. The smallest absolute Gasteiger partial charge is 0.410 e. The lowest BCUT2D eigenvalue weighted by molar-refractivity contribution is 0.0218. The Morgan fingerprint density at radius 1 is 1.20 bits per heavy atom. The number of carbonyl (C=O) groups is 1. The third-order valence-electron chi connectivity index (χ3n) is 4.17. The van der Waals surface area contributed by atoms with Gasteiger partial charge in [-0.2, -0.15) is 0 Å². The van der Waals surface area contributed by atoms with E-state index >= 15 is 0 Å². The molecular formula is C18H23ClN4O2. The summed E-state index contributed by atoms with van der Waals surface area (Å²) in [6.45, 7) is 9.52. The largest absolute Gasteiger partial charge is 0.444 e. The number of halogens is 1. The van der Waals surface area contributed by atoms with Crippen LogP contribution in [0.25, 0.3) is 10.8 Å². The zero-order valence-electron chi connectivity index (χ0n) is 15.0. The normalized spacial score (nSPS) is 18.5. The number of hydrogen-bond donors (Lipinski definition) is 0. The maximum Gasteiger partial charge on any atom is 0.410 e. The van der Waals surface area contributed by atoms with E-state index in [-0.39, 0.29) is 12.1 Å². The fourth-order valence-electron chi connectivity index (χ4n) is 3.03. The third-order valence-corrected chi connectivity index (χ3v) is 4.45. The molecule has 6 nitrogen and oxygen atoms in total. The number of rotatable bonds is 1. The highest BCUT2D eigenvalue weighted by Crippen LogP contribution is 2.30. The molecule has 1 fully saturated rings. The fourth-order valence-corrected chi connectivity index (χ4v) is 3.24. The van der Waals surface area contributed by atoms with Gasteiger partial charge in [0.25, 0.3) is 0 Å². The van der Waals surface area contributed by atoms with E-state index in [1.807, 2.05) is 45.0 Å². The van der Waals surface area contributed by atoms with Crippen molar-refractivity contribution in [2.75, 3.05) is 24.5 Å². The monoisotopic (exact) mass is 362 g/mol. The first-order valence-electron chi connectivity index (χ1n) is 8.42. The van der Waals surface area contributed by atoms with Crippen LogP contribution in [0.3, 0.4) is 0 Å². The Balaban J connectivity index is 1.81. The molecule has 1 atom stereocenters. The number of benzene rings is 1. The summed E-state index contributed by atoms with van der Waals surface area (Å²) >= 11 is 6.17. The Hall–Kier alpha value is -2.08. The van der Waals surface area contributed by atoms with E-state index in [9.17, 15) is 4.79 Å². The van der Waals surface area contributed by atoms with Gasteiger partial charge in [0.2, 0.25) is 0 Å². The van der Waals surface area contributed by atoms with Crippen LogP contribution in [0.5, 0.6) is 0 Å². The van der Waals surface area contributed by atoms with Gasteiger partial charge in [0, 0.05) is 36.4 Å². The van der Waals surface area contributed by atoms with E-state index in [4.69, 9.17) is 16.3 Å². The van der Waals surface area contributed by atoms with Crippen LogP contribution in [0.2, 0.25) is 5.15 Å². The van der Waals surface area contributed by atoms with Crippen molar-refractivity contribution in [1.29, 1.82) is 0 Å². The quantitative estimate of drug-likeness (QED) is 0.773. The molecule has 2 aromatic rings. The van der Waals surface area contributed by atoms with Gasteiger partial charge in [-0.3, -0.25) is 0 Å². The summed E-state index contributed by atoms with van der Waals surface area (Å²) in [5.74, 6) is 0.802.